The fourth-order valence-corrected chi connectivity index (χ4v) is 2.64. The van der Waals surface area contributed by atoms with Gasteiger partial charge >= 0.3 is 0 Å². The summed E-state index contributed by atoms with van der Waals surface area (Å²) in [5.74, 6) is 0.940. The molecule has 2 aliphatic heterocycles. The van der Waals surface area contributed by atoms with E-state index in [1.165, 1.54) is 38.8 Å². The van der Waals surface area contributed by atoms with Crippen molar-refractivity contribution in [1.29, 1.82) is 0 Å². The van der Waals surface area contributed by atoms with Crippen molar-refractivity contribution in [2.45, 2.75) is 38.6 Å². The van der Waals surface area contributed by atoms with Crippen molar-refractivity contribution in [2.24, 2.45) is 5.92 Å². The van der Waals surface area contributed by atoms with Gasteiger partial charge in [-0.05, 0) is 31.7 Å². The first-order valence-corrected chi connectivity index (χ1v) is 5.32. The summed E-state index contributed by atoms with van der Waals surface area (Å²) < 4.78 is 0. The highest BCUT2D eigenvalue weighted by Gasteiger charge is 2.28. The Morgan fingerprint density at radius 3 is 3.17 bits per heavy atom. The second-order valence-corrected chi connectivity index (χ2v) is 4.05. The van der Waals surface area contributed by atoms with Crippen molar-refractivity contribution in [1.82, 2.24) is 4.90 Å². The predicted octanol–water partition coefficient (Wildman–Crippen LogP) is 2.44. The van der Waals surface area contributed by atoms with Crippen LogP contribution in [0.4, 0.5) is 0 Å². The standard InChI is InChI=1S/C11H19N/c1-2-10-6-5-9-12-8-4-3-7-11(10)12/h3,7,10-11H,2,4-6,8-9H2,1H3. The molecule has 0 aromatic carbocycles. The Balaban J connectivity index is 2.07. The topological polar surface area (TPSA) is 3.24 Å². The van der Waals surface area contributed by atoms with E-state index in [0.717, 1.165) is 12.0 Å². The quantitative estimate of drug-likeness (QED) is 0.539. The molecule has 1 nitrogen and oxygen atoms in total. The lowest BCUT2D eigenvalue weighted by atomic mass is 9.85. The summed E-state index contributed by atoms with van der Waals surface area (Å²) in [4.78, 5) is 2.66. The van der Waals surface area contributed by atoms with Gasteiger partial charge in [0.15, 0.2) is 0 Å². The van der Waals surface area contributed by atoms with Crippen LogP contribution in [0.25, 0.3) is 0 Å². The van der Waals surface area contributed by atoms with Gasteiger partial charge in [0.25, 0.3) is 0 Å². The van der Waals surface area contributed by atoms with Gasteiger partial charge in [0.2, 0.25) is 0 Å². The molecule has 0 radical (unpaired) electrons. The third-order valence-corrected chi connectivity index (χ3v) is 3.37. The first kappa shape index (κ1) is 8.31. The van der Waals surface area contributed by atoms with Crippen molar-refractivity contribution >= 4 is 0 Å². The van der Waals surface area contributed by atoms with E-state index in [2.05, 4.69) is 24.0 Å². The van der Waals surface area contributed by atoms with Crippen LogP contribution in [0.15, 0.2) is 12.2 Å². The fourth-order valence-electron chi connectivity index (χ4n) is 2.64. The van der Waals surface area contributed by atoms with Crippen molar-refractivity contribution in [2.75, 3.05) is 13.1 Å². The predicted molar refractivity (Wildman–Crippen MR) is 52.1 cm³/mol. The van der Waals surface area contributed by atoms with Gasteiger partial charge in [-0.1, -0.05) is 25.5 Å². The number of piperidine rings is 1. The number of fused-ring (bicyclic) bond motifs is 1. The van der Waals surface area contributed by atoms with E-state index in [0.29, 0.717) is 0 Å². The van der Waals surface area contributed by atoms with Crippen molar-refractivity contribution in [3.05, 3.63) is 12.2 Å². The lowest BCUT2D eigenvalue weighted by Gasteiger charge is -2.41. The average Bonchev–Trinajstić information content (AvgIpc) is 2.17. The molecule has 0 bridgehead atoms. The molecule has 0 saturated carbocycles. The molecule has 1 heteroatoms. The summed E-state index contributed by atoms with van der Waals surface area (Å²) in [6.07, 6.45) is 10.3. The first-order chi connectivity index (χ1) is 5.92. The third-order valence-electron chi connectivity index (χ3n) is 3.37. The summed E-state index contributed by atoms with van der Waals surface area (Å²) in [6.45, 7) is 4.97. The fraction of sp³-hybridized carbons (Fsp3) is 0.818. The zero-order chi connectivity index (χ0) is 8.39. The molecule has 2 unspecified atom stereocenters. The van der Waals surface area contributed by atoms with Crippen LogP contribution in [-0.4, -0.2) is 24.0 Å². The van der Waals surface area contributed by atoms with Crippen molar-refractivity contribution < 1.29 is 0 Å². The molecule has 0 N–H and O–H groups in total. The minimum absolute atomic E-state index is 0.789. The monoisotopic (exact) mass is 165 g/mol. The van der Waals surface area contributed by atoms with Gasteiger partial charge in [-0.3, -0.25) is 4.90 Å². The van der Waals surface area contributed by atoms with Crippen LogP contribution in [0.2, 0.25) is 0 Å². The van der Waals surface area contributed by atoms with E-state index in [1.807, 2.05) is 0 Å². The molecule has 0 aliphatic carbocycles. The Labute approximate surface area is 75.4 Å². The lowest BCUT2D eigenvalue weighted by molar-refractivity contribution is 0.117. The Bertz CT molecular complexity index is 174. The Kier molecular flexibility index (Phi) is 2.50. The van der Waals surface area contributed by atoms with E-state index in [1.54, 1.807) is 0 Å². The highest BCUT2D eigenvalue weighted by atomic mass is 15.2. The number of rotatable bonds is 1. The van der Waals surface area contributed by atoms with E-state index >= 15 is 0 Å². The molecule has 2 aliphatic rings. The molecular weight excluding hydrogens is 146 g/mol. The van der Waals surface area contributed by atoms with E-state index < -0.39 is 0 Å². The van der Waals surface area contributed by atoms with Crippen LogP contribution in [0.3, 0.4) is 0 Å². The second-order valence-electron chi connectivity index (χ2n) is 4.05. The third kappa shape index (κ3) is 1.42. The molecule has 1 saturated heterocycles. The van der Waals surface area contributed by atoms with Gasteiger partial charge in [0, 0.05) is 12.6 Å². The molecule has 0 aromatic heterocycles. The SMILES string of the molecule is CCC1CCCN2CCC=CC12. The number of hydrogen-bond donors (Lipinski definition) is 0. The molecule has 2 rings (SSSR count). The summed E-state index contributed by atoms with van der Waals surface area (Å²) >= 11 is 0. The maximum atomic E-state index is 2.66. The highest BCUT2D eigenvalue weighted by molar-refractivity contribution is 5.03. The minimum atomic E-state index is 0.789. The van der Waals surface area contributed by atoms with Gasteiger partial charge in [0.1, 0.15) is 0 Å². The van der Waals surface area contributed by atoms with Crippen molar-refractivity contribution in [3.63, 3.8) is 0 Å². The average molecular weight is 165 g/mol. The number of nitrogens with zero attached hydrogens (tertiary/aromatic N) is 1. The van der Waals surface area contributed by atoms with Gasteiger partial charge in [0.05, 0.1) is 0 Å². The molecule has 12 heavy (non-hydrogen) atoms. The molecule has 1 fully saturated rings. The smallest absolute Gasteiger partial charge is 0.0306 e. The van der Waals surface area contributed by atoms with Gasteiger partial charge in [-0.15, -0.1) is 0 Å². The van der Waals surface area contributed by atoms with Crippen molar-refractivity contribution in [3.8, 4) is 0 Å². The summed E-state index contributed by atoms with van der Waals surface area (Å²) in [5.41, 5.74) is 0. The lowest BCUT2D eigenvalue weighted by Crippen LogP contribution is -2.45. The number of hydrogen-bond acceptors (Lipinski definition) is 1. The summed E-state index contributed by atoms with van der Waals surface area (Å²) in [5, 5.41) is 0. The molecule has 68 valence electrons. The molecule has 0 amide bonds. The van der Waals surface area contributed by atoms with Crippen LogP contribution in [0.5, 0.6) is 0 Å². The van der Waals surface area contributed by atoms with Crippen LogP contribution in [-0.2, 0) is 0 Å². The largest absolute Gasteiger partial charge is 0.296 e. The molecule has 0 aromatic rings. The van der Waals surface area contributed by atoms with Gasteiger partial charge in [-0.2, -0.15) is 0 Å². The normalized spacial score (nSPS) is 36.4. The van der Waals surface area contributed by atoms with Gasteiger partial charge < -0.3 is 0 Å². The Morgan fingerprint density at radius 1 is 1.42 bits per heavy atom. The maximum absolute atomic E-state index is 2.66. The zero-order valence-corrected chi connectivity index (χ0v) is 8.00. The first-order valence-electron chi connectivity index (χ1n) is 5.32. The summed E-state index contributed by atoms with van der Waals surface area (Å²) in [7, 11) is 0. The molecule has 2 atom stereocenters. The van der Waals surface area contributed by atoms with Gasteiger partial charge in [-0.25, -0.2) is 0 Å². The molecule has 2 heterocycles. The zero-order valence-electron chi connectivity index (χ0n) is 8.00. The Morgan fingerprint density at radius 2 is 2.33 bits per heavy atom. The van der Waals surface area contributed by atoms with Crippen LogP contribution in [0.1, 0.15) is 32.6 Å². The molecular formula is C11H19N. The summed E-state index contributed by atoms with van der Waals surface area (Å²) in [6, 6.07) is 0.789. The van der Waals surface area contributed by atoms with E-state index in [-0.39, 0.29) is 0 Å². The highest BCUT2D eigenvalue weighted by Crippen LogP contribution is 2.29. The Hall–Kier alpha value is -0.300. The van der Waals surface area contributed by atoms with Crippen LogP contribution < -0.4 is 0 Å². The molecule has 0 spiro atoms. The maximum Gasteiger partial charge on any atom is 0.0306 e. The minimum Gasteiger partial charge on any atom is -0.296 e. The van der Waals surface area contributed by atoms with E-state index in [4.69, 9.17) is 0 Å². The van der Waals surface area contributed by atoms with Crippen LogP contribution >= 0.6 is 0 Å². The second kappa shape index (κ2) is 3.61. The van der Waals surface area contributed by atoms with Crippen LogP contribution in [0, 0.1) is 5.92 Å². The van der Waals surface area contributed by atoms with E-state index in [9.17, 15) is 0 Å².